The van der Waals surface area contributed by atoms with Crippen LogP contribution in [0.4, 0.5) is 0 Å². The van der Waals surface area contributed by atoms with Gasteiger partial charge in [-0.1, -0.05) is 70.6 Å². The molecular weight excluding hydrogens is 601 g/mol. The van der Waals surface area contributed by atoms with Crippen molar-refractivity contribution in [2.24, 2.45) is 11.0 Å². The third-order valence-electron chi connectivity index (χ3n) is 5.18. The lowest BCUT2D eigenvalue weighted by Crippen LogP contribution is -2.46. The third-order valence-corrected chi connectivity index (χ3v) is 6.52. The van der Waals surface area contributed by atoms with Gasteiger partial charge in [0.25, 0.3) is 11.8 Å². The molecule has 0 saturated heterocycles. The van der Waals surface area contributed by atoms with E-state index in [-0.39, 0.29) is 18.4 Å². The number of nitrogens with zero attached hydrogens (tertiary/aromatic N) is 1. The SMILES string of the molecule is CC(C)CC(NC(=O)c1ccc(Cl)cc1)C(=O)N/N=C/c1cc(Br)ccc1OCc1ccc(Cl)cc1Cl. The van der Waals surface area contributed by atoms with Crippen LogP contribution in [0.15, 0.2) is 70.2 Å². The van der Waals surface area contributed by atoms with Crippen molar-refractivity contribution < 1.29 is 14.3 Å². The summed E-state index contributed by atoms with van der Waals surface area (Å²) in [5.74, 6) is -0.0975. The van der Waals surface area contributed by atoms with Crippen molar-refractivity contribution >= 4 is 68.8 Å². The Bertz CT molecular complexity index is 1280. The minimum absolute atomic E-state index is 0.162. The maximum Gasteiger partial charge on any atom is 0.262 e. The zero-order valence-electron chi connectivity index (χ0n) is 20.1. The Kier molecular flexibility index (Phi) is 10.8. The average Bonchev–Trinajstić information content (AvgIpc) is 2.84. The lowest BCUT2D eigenvalue weighted by atomic mass is 10.0. The molecule has 0 saturated carbocycles. The van der Waals surface area contributed by atoms with Gasteiger partial charge in [-0.25, -0.2) is 5.43 Å². The van der Waals surface area contributed by atoms with E-state index >= 15 is 0 Å². The van der Waals surface area contributed by atoms with E-state index in [1.54, 1.807) is 48.5 Å². The molecule has 0 fully saturated rings. The predicted molar refractivity (Wildman–Crippen MR) is 153 cm³/mol. The van der Waals surface area contributed by atoms with Gasteiger partial charge in [-0.15, -0.1) is 0 Å². The molecule has 0 aromatic heterocycles. The molecule has 2 amide bonds. The first-order valence-corrected chi connectivity index (χ1v) is 13.3. The quantitative estimate of drug-likeness (QED) is 0.184. The number of halogens is 4. The Morgan fingerprint density at radius 1 is 1.00 bits per heavy atom. The summed E-state index contributed by atoms with van der Waals surface area (Å²) in [5.41, 5.74) is 4.34. The van der Waals surface area contributed by atoms with Crippen molar-refractivity contribution in [1.29, 1.82) is 0 Å². The molecule has 2 N–H and O–H groups in total. The molecule has 194 valence electrons. The molecule has 3 aromatic carbocycles. The molecule has 1 atom stereocenters. The smallest absolute Gasteiger partial charge is 0.262 e. The minimum Gasteiger partial charge on any atom is -0.488 e. The second-order valence-corrected chi connectivity index (χ2v) is 10.8. The molecule has 0 aliphatic rings. The number of hydrazone groups is 1. The van der Waals surface area contributed by atoms with E-state index in [0.717, 1.165) is 10.0 Å². The molecule has 0 spiro atoms. The van der Waals surface area contributed by atoms with Crippen LogP contribution in [0.3, 0.4) is 0 Å². The second kappa shape index (κ2) is 13.8. The number of rotatable bonds is 10. The fraction of sp³-hybridized carbons (Fsp3) is 0.222. The zero-order valence-corrected chi connectivity index (χ0v) is 24.0. The molecule has 6 nitrogen and oxygen atoms in total. The molecule has 0 aliphatic carbocycles. The van der Waals surface area contributed by atoms with Gasteiger partial charge in [0.05, 0.1) is 6.21 Å². The van der Waals surface area contributed by atoms with Crippen LogP contribution in [0.5, 0.6) is 5.75 Å². The number of hydrogen-bond donors (Lipinski definition) is 2. The van der Waals surface area contributed by atoms with Gasteiger partial charge < -0.3 is 10.1 Å². The van der Waals surface area contributed by atoms with Crippen molar-refractivity contribution in [2.45, 2.75) is 32.9 Å². The van der Waals surface area contributed by atoms with Gasteiger partial charge in [-0.05, 0) is 66.9 Å². The van der Waals surface area contributed by atoms with Crippen LogP contribution in [-0.4, -0.2) is 24.1 Å². The summed E-state index contributed by atoms with van der Waals surface area (Å²) < 4.78 is 6.76. The fourth-order valence-electron chi connectivity index (χ4n) is 3.34. The first-order valence-electron chi connectivity index (χ1n) is 11.4. The lowest BCUT2D eigenvalue weighted by Gasteiger charge is -2.19. The second-order valence-electron chi connectivity index (χ2n) is 8.60. The van der Waals surface area contributed by atoms with E-state index in [9.17, 15) is 9.59 Å². The molecule has 0 bridgehead atoms. The predicted octanol–water partition coefficient (Wildman–Crippen LogP) is 7.28. The van der Waals surface area contributed by atoms with Crippen LogP contribution in [-0.2, 0) is 11.4 Å². The Morgan fingerprint density at radius 2 is 1.70 bits per heavy atom. The summed E-state index contributed by atoms with van der Waals surface area (Å²) in [6.07, 6.45) is 1.92. The number of nitrogens with one attached hydrogen (secondary N) is 2. The summed E-state index contributed by atoms with van der Waals surface area (Å²) in [4.78, 5) is 25.5. The van der Waals surface area contributed by atoms with Gasteiger partial charge in [-0.3, -0.25) is 9.59 Å². The highest BCUT2D eigenvalue weighted by molar-refractivity contribution is 9.10. The highest BCUT2D eigenvalue weighted by atomic mass is 79.9. The van der Waals surface area contributed by atoms with Crippen molar-refractivity contribution in [3.05, 3.63) is 96.9 Å². The van der Waals surface area contributed by atoms with E-state index in [4.69, 9.17) is 39.5 Å². The molecule has 0 heterocycles. The van der Waals surface area contributed by atoms with Gasteiger partial charge in [0.1, 0.15) is 18.4 Å². The fourth-order valence-corrected chi connectivity index (χ4v) is 4.30. The molecule has 37 heavy (non-hydrogen) atoms. The van der Waals surface area contributed by atoms with E-state index < -0.39 is 11.9 Å². The average molecular weight is 626 g/mol. The van der Waals surface area contributed by atoms with E-state index in [1.807, 2.05) is 26.0 Å². The van der Waals surface area contributed by atoms with Gasteiger partial charge in [-0.2, -0.15) is 5.10 Å². The monoisotopic (exact) mass is 623 g/mol. The standard InChI is InChI=1S/C27H25BrCl3N3O3/c1-16(2)11-24(33-26(35)17-3-7-21(29)8-4-17)27(36)34-32-14-19-12-20(28)6-10-25(19)37-15-18-5-9-22(30)13-23(18)31/h3-10,12-14,16,24H,11,15H2,1-2H3,(H,33,35)(H,34,36)/b32-14+. The number of carbonyl (C=O) groups is 2. The van der Waals surface area contributed by atoms with E-state index in [1.165, 1.54) is 6.21 Å². The number of hydrogen-bond acceptors (Lipinski definition) is 4. The largest absolute Gasteiger partial charge is 0.488 e. The molecule has 3 rings (SSSR count). The van der Waals surface area contributed by atoms with Gasteiger partial charge in [0.15, 0.2) is 0 Å². The Balaban J connectivity index is 1.68. The molecule has 10 heteroatoms. The normalized spacial score (nSPS) is 12.0. The molecule has 3 aromatic rings. The Labute approximate surface area is 239 Å². The van der Waals surface area contributed by atoms with Crippen LogP contribution < -0.4 is 15.5 Å². The Morgan fingerprint density at radius 3 is 2.38 bits per heavy atom. The number of ether oxygens (including phenoxy) is 1. The molecule has 0 aliphatic heterocycles. The summed E-state index contributed by atoms with van der Waals surface area (Å²) in [7, 11) is 0. The van der Waals surface area contributed by atoms with Gasteiger partial charge in [0.2, 0.25) is 0 Å². The lowest BCUT2D eigenvalue weighted by molar-refractivity contribution is -0.123. The molecular formula is C27H25BrCl3N3O3. The van der Waals surface area contributed by atoms with Crippen LogP contribution >= 0.6 is 50.7 Å². The van der Waals surface area contributed by atoms with E-state index in [2.05, 4.69) is 31.8 Å². The first-order chi connectivity index (χ1) is 17.6. The van der Waals surface area contributed by atoms with Crippen LogP contribution in [0, 0.1) is 5.92 Å². The third kappa shape index (κ3) is 9.04. The summed E-state index contributed by atoms with van der Waals surface area (Å²) in [5, 5.41) is 8.46. The number of carbonyl (C=O) groups excluding carboxylic acids is 2. The van der Waals surface area contributed by atoms with Crippen LogP contribution in [0.2, 0.25) is 15.1 Å². The van der Waals surface area contributed by atoms with Crippen molar-refractivity contribution in [3.8, 4) is 5.75 Å². The summed E-state index contributed by atoms with van der Waals surface area (Å²) >= 11 is 21.5. The van der Waals surface area contributed by atoms with Crippen molar-refractivity contribution in [3.63, 3.8) is 0 Å². The maximum atomic E-state index is 12.9. The minimum atomic E-state index is -0.773. The summed E-state index contributed by atoms with van der Waals surface area (Å²) in [6.45, 7) is 4.16. The van der Waals surface area contributed by atoms with Gasteiger partial charge >= 0.3 is 0 Å². The highest BCUT2D eigenvalue weighted by Gasteiger charge is 2.22. The van der Waals surface area contributed by atoms with Crippen LogP contribution in [0.25, 0.3) is 0 Å². The maximum absolute atomic E-state index is 12.9. The molecule has 0 radical (unpaired) electrons. The first kappa shape index (κ1) is 29.0. The van der Waals surface area contributed by atoms with Crippen molar-refractivity contribution in [1.82, 2.24) is 10.7 Å². The molecule has 1 unspecified atom stereocenters. The number of amides is 2. The van der Waals surface area contributed by atoms with E-state index in [0.29, 0.717) is 38.4 Å². The van der Waals surface area contributed by atoms with Gasteiger partial charge in [0, 0.05) is 36.2 Å². The number of benzene rings is 3. The highest BCUT2D eigenvalue weighted by Crippen LogP contribution is 2.26. The van der Waals surface area contributed by atoms with Crippen molar-refractivity contribution in [2.75, 3.05) is 0 Å². The zero-order chi connectivity index (χ0) is 26.9. The topological polar surface area (TPSA) is 79.8 Å². The summed E-state index contributed by atoms with van der Waals surface area (Å²) in [6, 6.07) is 16.3. The van der Waals surface area contributed by atoms with Crippen LogP contribution in [0.1, 0.15) is 41.8 Å². The Hall–Kier alpha value is -2.58.